The second kappa shape index (κ2) is 9.23. The fourth-order valence-corrected chi connectivity index (χ4v) is 4.32. The SMILES string of the molecule is Cc1cc(C)c([C@H](C)NC(=O)C2CCN(Cc3ccc(Br)cc3)CC2)cc1C. The van der Waals surface area contributed by atoms with Gasteiger partial charge in [-0.2, -0.15) is 0 Å². The largest absolute Gasteiger partial charge is 0.349 e. The number of piperidine rings is 1. The number of benzene rings is 2. The van der Waals surface area contributed by atoms with Crippen molar-refractivity contribution in [1.82, 2.24) is 10.2 Å². The molecule has 2 aromatic carbocycles. The molecule has 0 unspecified atom stereocenters. The van der Waals surface area contributed by atoms with Gasteiger partial charge in [0, 0.05) is 16.9 Å². The Morgan fingerprint density at radius 3 is 2.32 bits per heavy atom. The van der Waals surface area contributed by atoms with E-state index in [1.54, 1.807) is 0 Å². The van der Waals surface area contributed by atoms with Crippen molar-refractivity contribution in [1.29, 1.82) is 0 Å². The summed E-state index contributed by atoms with van der Waals surface area (Å²) in [5, 5.41) is 3.26. The van der Waals surface area contributed by atoms with Crippen LogP contribution in [0.2, 0.25) is 0 Å². The quantitative estimate of drug-likeness (QED) is 0.665. The molecule has 0 aromatic heterocycles. The van der Waals surface area contributed by atoms with Gasteiger partial charge < -0.3 is 5.32 Å². The van der Waals surface area contributed by atoms with Gasteiger partial charge in [-0.25, -0.2) is 0 Å². The molecule has 0 aliphatic carbocycles. The van der Waals surface area contributed by atoms with Gasteiger partial charge in [0.1, 0.15) is 0 Å². The highest BCUT2D eigenvalue weighted by Gasteiger charge is 2.26. The van der Waals surface area contributed by atoms with Crippen LogP contribution in [0.1, 0.15) is 53.6 Å². The summed E-state index contributed by atoms with van der Waals surface area (Å²) in [6, 6.07) is 13.0. The minimum absolute atomic E-state index is 0.0487. The van der Waals surface area contributed by atoms with Crippen LogP contribution < -0.4 is 5.32 Å². The maximum Gasteiger partial charge on any atom is 0.223 e. The zero-order valence-electron chi connectivity index (χ0n) is 17.4. The minimum atomic E-state index is 0.0487. The van der Waals surface area contributed by atoms with Crippen molar-refractivity contribution in [3.8, 4) is 0 Å². The highest BCUT2D eigenvalue weighted by atomic mass is 79.9. The van der Waals surface area contributed by atoms with Crippen LogP contribution >= 0.6 is 15.9 Å². The minimum Gasteiger partial charge on any atom is -0.349 e. The summed E-state index contributed by atoms with van der Waals surface area (Å²) in [6.07, 6.45) is 1.86. The van der Waals surface area contributed by atoms with E-state index in [9.17, 15) is 4.79 Å². The predicted molar refractivity (Wildman–Crippen MR) is 119 cm³/mol. The van der Waals surface area contributed by atoms with E-state index in [1.807, 2.05) is 0 Å². The molecule has 0 saturated carbocycles. The summed E-state index contributed by atoms with van der Waals surface area (Å²) in [7, 11) is 0. The van der Waals surface area contributed by atoms with E-state index in [-0.39, 0.29) is 17.9 Å². The van der Waals surface area contributed by atoms with Crippen LogP contribution in [0, 0.1) is 26.7 Å². The second-order valence-electron chi connectivity index (χ2n) is 8.20. The first-order valence-electron chi connectivity index (χ1n) is 10.2. The van der Waals surface area contributed by atoms with Crippen molar-refractivity contribution in [3.63, 3.8) is 0 Å². The Morgan fingerprint density at radius 2 is 1.68 bits per heavy atom. The highest BCUT2D eigenvalue weighted by Crippen LogP contribution is 2.24. The first kappa shape index (κ1) is 21.1. The fourth-order valence-electron chi connectivity index (χ4n) is 4.06. The van der Waals surface area contributed by atoms with Gasteiger partial charge in [-0.3, -0.25) is 9.69 Å². The number of carbonyl (C=O) groups is 1. The maximum absolute atomic E-state index is 12.8. The van der Waals surface area contributed by atoms with E-state index in [0.717, 1.165) is 36.9 Å². The zero-order valence-corrected chi connectivity index (χ0v) is 19.0. The van der Waals surface area contributed by atoms with Crippen molar-refractivity contribution in [3.05, 3.63) is 68.7 Å². The summed E-state index contributed by atoms with van der Waals surface area (Å²) in [5.41, 5.74) is 6.38. The standard InChI is InChI=1S/C24H31BrN2O/c1-16-13-18(3)23(14-17(16)2)19(4)26-24(28)21-9-11-27(12-10-21)15-20-5-7-22(25)8-6-20/h5-8,13-14,19,21H,9-12,15H2,1-4H3,(H,26,28)/t19-/m0/s1. The van der Waals surface area contributed by atoms with Crippen molar-refractivity contribution in [2.75, 3.05) is 13.1 Å². The van der Waals surface area contributed by atoms with Gasteiger partial charge in [-0.1, -0.05) is 40.2 Å². The van der Waals surface area contributed by atoms with E-state index < -0.39 is 0 Å². The molecule has 0 bridgehead atoms. The summed E-state index contributed by atoms with van der Waals surface area (Å²) >= 11 is 3.48. The number of nitrogens with one attached hydrogen (secondary N) is 1. The molecule has 1 aliphatic heterocycles. The molecular weight excluding hydrogens is 412 g/mol. The van der Waals surface area contributed by atoms with Crippen molar-refractivity contribution in [2.24, 2.45) is 5.92 Å². The van der Waals surface area contributed by atoms with E-state index in [0.29, 0.717) is 0 Å². The lowest BCUT2D eigenvalue weighted by Gasteiger charge is -2.32. The highest BCUT2D eigenvalue weighted by molar-refractivity contribution is 9.10. The second-order valence-corrected chi connectivity index (χ2v) is 9.12. The number of halogens is 1. The number of hydrogen-bond donors (Lipinski definition) is 1. The van der Waals surface area contributed by atoms with Gasteiger partial charge >= 0.3 is 0 Å². The Morgan fingerprint density at radius 1 is 1.07 bits per heavy atom. The fraction of sp³-hybridized carbons (Fsp3) is 0.458. The molecule has 1 atom stereocenters. The monoisotopic (exact) mass is 442 g/mol. The number of amides is 1. The normalized spacial score (nSPS) is 16.8. The number of rotatable bonds is 5. The number of likely N-dealkylation sites (tertiary alicyclic amines) is 1. The molecule has 28 heavy (non-hydrogen) atoms. The Kier molecular flexibility index (Phi) is 6.95. The lowest BCUT2D eigenvalue weighted by atomic mass is 9.93. The molecule has 3 rings (SSSR count). The van der Waals surface area contributed by atoms with Crippen LogP contribution in [-0.2, 0) is 11.3 Å². The Hall–Kier alpha value is -1.65. The lowest BCUT2D eigenvalue weighted by Crippen LogP contribution is -2.41. The third kappa shape index (κ3) is 5.24. The van der Waals surface area contributed by atoms with Gasteiger partial charge in [0.25, 0.3) is 0 Å². The van der Waals surface area contributed by atoms with E-state index in [2.05, 4.69) is 90.2 Å². The molecule has 0 spiro atoms. The number of nitrogens with zero attached hydrogens (tertiary/aromatic N) is 1. The Bertz CT molecular complexity index is 823. The number of carbonyl (C=O) groups excluding carboxylic acids is 1. The molecular formula is C24H31BrN2O. The molecule has 4 heteroatoms. The molecule has 2 aromatic rings. The first-order chi connectivity index (χ1) is 13.3. The van der Waals surface area contributed by atoms with Crippen LogP contribution in [0.5, 0.6) is 0 Å². The Balaban J connectivity index is 1.52. The number of aryl methyl sites for hydroxylation is 3. The van der Waals surface area contributed by atoms with E-state index in [4.69, 9.17) is 0 Å². The van der Waals surface area contributed by atoms with Crippen LogP contribution in [0.25, 0.3) is 0 Å². The average molecular weight is 443 g/mol. The van der Waals surface area contributed by atoms with Gasteiger partial charge in [-0.15, -0.1) is 0 Å². The first-order valence-corrected chi connectivity index (χ1v) is 11.0. The predicted octanol–water partition coefficient (Wildman–Crippen LogP) is 5.46. The summed E-state index contributed by atoms with van der Waals surface area (Å²) in [6.45, 7) is 11.4. The zero-order chi connectivity index (χ0) is 20.3. The molecule has 3 nitrogen and oxygen atoms in total. The van der Waals surface area contributed by atoms with Gasteiger partial charge in [-0.05, 0) is 93.6 Å². The van der Waals surface area contributed by atoms with E-state index >= 15 is 0 Å². The smallest absolute Gasteiger partial charge is 0.223 e. The molecule has 150 valence electrons. The molecule has 1 heterocycles. The number of hydrogen-bond acceptors (Lipinski definition) is 2. The van der Waals surface area contributed by atoms with Crippen molar-refractivity contribution >= 4 is 21.8 Å². The van der Waals surface area contributed by atoms with Crippen LogP contribution in [0.15, 0.2) is 40.9 Å². The van der Waals surface area contributed by atoms with Crippen molar-refractivity contribution in [2.45, 2.75) is 53.1 Å². The van der Waals surface area contributed by atoms with Crippen LogP contribution in [0.3, 0.4) is 0 Å². The molecule has 1 fully saturated rings. The molecule has 0 radical (unpaired) electrons. The molecule has 1 N–H and O–H groups in total. The summed E-state index contributed by atoms with van der Waals surface area (Å²) < 4.78 is 1.11. The summed E-state index contributed by atoms with van der Waals surface area (Å²) in [4.78, 5) is 15.3. The third-order valence-corrected chi connectivity index (χ3v) is 6.51. The van der Waals surface area contributed by atoms with Gasteiger partial charge in [0.2, 0.25) is 5.91 Å². The van der Waals surface area contributed by atoms with Crippen LogP contribution in [0.4, 0.5) is 0 Å². The van der Waals surface area contributed by atoms with E-state index in [1.165, 1.54) is 27.8 Å². The topological polar surface area (TPSA) is 32.3 Å². The average Bonchev–Trinajstić information content (AvgIpc) is 2.67. The van der Waals surface area contributed by atoms with Crippen molar-refractivity contribution < 1.29 is 4.79 Å². The maximum atomic E-state index is 12.8. The Labute approximate surface area is 177 Å². The van der Waals surface area contributed by atoms with Crippen LogP contribution in [-0.4, -0.2) is 23.9 Å². The third-order valence-electron chi connectivity index (χ3n) is 5.99. The van der Waals surface area contributed by atoms with Gasteiger partial charge in [0.05, 0.1) is 6.04 Å². The molecule has 1 amide bonds. The molecule has 1 saturated heterocycles. The summed E-state index contributed by atoms with van der Waals surface area (Å²) in [5.74, 6) is 0.323. The van der Waals surface area contributed by atoms with Gasteiger partial charge in [0.15, 0.2) is 0 Å². The molecule has 1 aliphatic rings. The lowest BCUT2D eigenvalue weighted by molar-refractivity contribution is -0.127.